The summed E-state index contributed by atoms with van der Waals surface area (Å²) in [6.07, 6.45) is 1.73. The van der Waals surface area contributed by atoms with E-state index in [0.717, 1.165) is 35.7 Å². The molecule has 2 aliphatic rings. The number of benzene rings is 1. The highest BCUT2D eigenvalue weighted by molar-refractivity contribution is 5.99. The van der Waals surface area contributed by atoms with E-state index in [1.807, 2.05) is 42.7 Å². The van der Waals surface area contributed by atoms with Crippen LogP contribution in [-0.2, 0) is 9.53 Å². The summed E-state index contributed by atoms with van der Waals surface area (Å²) in [5.74, 6) is 0.973. The Morgan fingerprint density at radius 2 is 1.85 bits per heavy atom. The molecule has 0 saturated heterocycles. The van der Waals surface area contributed by atoms with Crippen molar-refractivity contribution in [2.45, 2.75) is 26.7 Å². The Morgan fingerprint density at radius 3 is 2.58 bits per heavy atom. The van der Waals surface area contributed by atoms with Gasteiger partial charge in [-0.15, -0.1) is 0 Å². The van der Waals surface area contributed by atoms with Crippen LogP contribution in [0, 0.1) is 19.8 Å². The maximum atomic E-state index is 12.5. The van der Waals surface area contributed by atoms with Crippen LogP contribution in [0.2, 0.25) is 0 Å². The molecule has 136 valence electrons. The summed E-state index contributed by atoms with van der Waals surface area (Å²) in [6.45, 7) is 4.69. The predicted octanol–water partition coefficient (Wildman–Crippen LogP) is 3.00. The number of ether oxygens (including phenoxy) is 3. The molecule has 0 atom stereocenters. The van der Waals surface area contributed by atoms with Gasteiger partial charge < -0.3 is 18.8 Å². The van der Waals surface area contributed by atoms with Gasteiger partial charge in [-0.1, -0.05) is 0 Å². The van der Waals surface area contributed by atoms with Crippen LogP contribution in [0.15, 0.2) is 24.3 Å². The zero-order valence-electron chi connectivity index (χ0n) is 14.9. The third kappa shape index (κ3) is 3.07. The number of carbonyl (C=O) groups is 2. The molecule has 1 aliphatic heterocycles. The average molecular weight is 355 g/mol. The van der Waals surface area contributed by atoms with Gasteiger partial charge >= 0.3 is 5.97 Å². The summed E-state index contributed by atoms with van der Waals surface area (Å²) in [5.41, 5.74) is 3.21. The summed E-state index contributed by atoms with van der Waals surface area (Å²) in [5, 5.41) is 0. The SMILES string of the molecule is Cc1cc(C(=O)COC(=O)C2CC2)c(C)n1-c1ccc2c(c1)OCCO2. The lowest BCUT2D eigenvalue weighted by atomic mass is 10.1. The first-order chi connectivity index (χ1) is 12.5. The second-order valence-corrected chi connectivity index (χ2v) is 6.75. The number of aromatic nitrogens is 1. The molecule has 6 heteroatoms. The molecule has 1 fully saturated rings. The summed E-state index contributed by atoms with van der Waals surface area (Å²) in [6, 6.07) is 7.56. The minimum absolute atomic E-state index is 0.00653. The van der Waals surface area contributed by atoms with Gasteiger partial charge in [0.2, 0.25) is 5.78 Å². The van der Waals surface area contributed by atoms with Crippen molar-refractivity contribution in [3.63, 3.8) is 0 Å². The van der Waals surface area contributed by atoms with E-state index in [0.29, 0.717) is 24.5 Å². The molecule has 0 radical (unpaired) electrons. The summed E-state index contributed by atoms with van der Waals surface area (Å²) < 4.78 is 18.3. The largest absolute Gasteiger partial charge is 0.486 e. The fourth-order valence-electron chi connectivity index (χ4n) is 3.26. The third-order valence-corrected chi connectivity index (χ3v) is 4.77. The van der Waals surface area contributed by atoms with Crippen LogP contribution < -0.4 is 9.47 Å². The molecule has 4 rings (SSSR count). The summed E-state index contributed by atoms with van der Waals surface area (Å²) in [7, 11) is 0. The molecular weight excluding hydrogens is 334 g/mol. The Morgan fingerprint density at radius 1 is 1.12 bits per heavy atom. The number of Topliss-reactive ketones (excluding diaryl/α,β-unsaturated/α-hetero) is 1. The fourth-order valence-corrected chi connectivity index (χ4v) is 3.26. The average Bonchev–Trinajstić information content (AvgIpc) is 3.45. The van der Waals surface area contributed by atoms with Gasteiger partial charge in [-0.25, -0.2) is 0 Å². The van der Waals surface area contributed by atoms with Crippen LogP contribution in [0.4, 0.5) is 0 Å². The van der Waals surface area contributed by atoms with Gasteiger partial charge in [0.15, 0.2) is 18.1 Å². The van der Waals surface area contributed by atoms with E-state index in [-0.39, 0.29) is 24.3 Å². The third-order valence-electron chi connectivity index (χ3n) is 4.77. The highest BCUT2D eigenvalue weighted by atomic mass is 16.6. The van der Waals surface area contributed by atoms with E-state index < -0.39 is 0 Å². The van der Waals surface area contributed by atoms with E-state index >= 15 is 0 Å². The van der Waals surface area contributed by atoms with Crippen molar-refractivity contribution in [2.75, 3.05) is 19.8 Å². The number of esters is 1. The van der Waals surface area contributed by atoms with Crippen LogP contribution in [0.5, 0.6) is 11.5 Å². The molecule has 26 heavy (non-hydrogen) atoms. The quantitative estimate of drug-likeness (QED) is 0.609. The van der Waals surface area contributed by atoms with Crippen LogP contribution in [0.3, 0.4) is 0 Å². The Bertz CT molecular complexity index is 879. The molecule has 1 saturated carbocycles. The number of carbonyl (C=O) groups excluding carboxylic acids is 2. The number of aryl methyl sites for hydroxylation is 1. The van der Waals surface area contributed by atoms with E-state index in [9.17, 15) is 9.59 Å². The lowest BCUT2D eigenvalue weighted by molar-refractivity contribution is -0.144. The first-order valence-corrected chi connectivity index (χ1v) is 8.83. The molecule has 0 spiro atoms. The fraction of sp³-hybridized carbons (Fsp3) is 0.400. The molecule has 0 amide bonds. The zero-order chi connectivity index (χ0) is 18.3. The lowest BCUT2D eigenvalue weighted by Crippen LogP contribution is -2.16. The number of hydrogen-bond donors (Lipinski definition) is 0. The van der Waals surface area contributed by atoms with Gasteiger partial charge in [-0.2, -0.15) is 0 Å². The van der Waals surface area contributed by atoms with Gasteiger partial charge in [-0.3, -0.25) is 9.59 Å². The number of hydrogen-bond acceptors (Lipinski definition) is 5. The van der Waals surface area contributed by atoms with Gasteiger partial charge in [0.05, 0.1) is 5.92 Å². The number of fused-ring (bicyclic) bond motifs is 1. The number of nitrogens with zero attached hydrogens (tertiary/aromatic N) is 1. The second-order valence-electron chi connectivity index (χ2n) is 6.75. The number of rotatable bonds is 5. The monoisotopic (exact) mass is 355 g/mol. The second kappa shape index (κ2) is 6.52. The topological polar surface area (TPSA) is 66.8 Å². The van der Waals surface area contributed by atoms with Gasteiger partial charge in [0.25, 0.3) is 0 Å². The smallest absolute Gasteiger partial charge is 0.309 e. The Balaban J connectivity index is 1.58. The van der Waals surface area contributed by atoms with Crippen molar-refractivity contribution in [2.24, 2.45) is 5.92 Å². The highest BCUT2D eigenvalue weighted by Gasteiger charge is 2.32. The number of ketones is 1. The first kappa shape index (κ1) is 16.7. The molecule has 0 N–H and O–H groups in total. The molecule has 2 aromatic rings. The standard InChI is InChI=1S/C20H21NO5/c1-12-9-16(17(22)11-26-20(23)14-3-4-14)13(2)21(12)15-5-6-18-19(10-15)25-8-7-24-18/h5-6,9-10,14H,3-4,7-8,11H2,1-2H3. The van der Waals surface area contributed by atoms with Crippen LogP contribution >= 0.6 is 0 Å². The van der Waals surface area contributed by atoms with Crippen molar-refractivity contribution in [3.8, 4) is 17.2 Å². The minimum Gasteiger partial charge on any atom is -0.486 e. The van der Waals surface area contributed by atoms with Gasteiger partial charge in [0.1, 0.15) is 13.2 Å². The molecule has 6 nitrogen and oxygen atoms in total. The van der Waals surface area contributed by atoms with Crippen molar-refractivity contribution < 1.29 is 23.8 Å². The van der Waals surface area contributed by atoms with E-state index in [2.05, 4.69) is 0 Å². The van der Waals surface area contributed by atoms with Crippen LogP contribution in [0.25, 0.3) is 5.69 Å². The van der Waals surface area contributed by atoms with Crippen LogP contribution in [-0.4, -0.2) is 36.1 Å². The highest BCUT2D eigenvalue weighted by Crippen LogP contribution is 2.33. The molecule has 1 aliphatic carbocycles. The maximum absolute atomic E-state index is 12.5. The minimum atomic E-state index is -0.265. The van der Waals surface area contributed by atoms with Crippen molar-refractivity contribution in [1.29, 1.82) is 0 Å². The maximum Gasteiger partial charge on any atom is 0.309 e. The Labute approximate surface area is 151 Å². The molecule has 2 heterocycles. The summed E-state index contributed by atoms with van der Waals surface area (Å²) >= 11 is 0. The normalized spacial score (nSPS) is 15.6. The first-order valence-electron chi connectivity index (χ1n) is 8.83. The Hall–Kier alpha value is -2.76. The van der Waals surface area contributed by atoms with Crippen molar-refractivity contribution in [1.82, 2.24) is 4.57 Å². The van der Waals surface area contributed by atoms with Gasteiger partial charge in [-0.05, 0) is 44.9 Å². The molecular formula is C20H21NO5. The van der Waals surface area contributed by atoms with Crippen molar-refractivity contribution >= 4 is 11.8 Å². The summed E-state index contributed by atoms with van der Waals surface area (Å²) in [4.78, 5) is 24.2. The lowest BCUT2D eigenvalue weighted by Gasteiger charge is -2.20. The Kier molecular flexibility index (Phi) is 4.18. The molecule has 0 unspecified atom stereocenters. The van der Waals surface area contributed by atoms with Crippen LogP contribution in [0.1, 0.15) is 34.6 Å². The van der Waals surface area contributed by atoms with E-state index in [1.54, 1.807) is 0 Å². The molecule has 0 bridgehead atoms. The van der Waals surface area contributed by atoms with E-state index in [1.165, 1.54) is 0 Å². The van der Waals surface area contributed by atoms with E-state index in [4.69, 9.17) is 14.2 Å². The predicted molar refractivity (Wildman–Crippen MR) is 94.2 cm³/mol. The van der Waals surface area contributed by atoms with Gasteiger partial charge in [0, 0.05) is 28.7 Å². The van der Waals surface area contributed by atoms with Crippen molar-refractivity contribution in [3.05, 3.63) is 41.2 Å². The zero-order valence-corrected chi connectivity index (χ0v) is 14.9. The molecule has 1 aromatic heterocycles. The molecule has 1 aromatic carbocycles.